The van der Waals surface area contributed by atoms with Gasteiger partial charge in [0.05, 0.1) is 12.7 Å². The zero-order valence-electron chi connectivity index (χ0n) is 13.6. The van der Waals surface area contributed by atoms with Gasteiger partial charge in [-0.25, -0.2) is 0 Å². The van der Waals surface area contributed by atoms with Gasteiger partial charge in [0, 0.05) is 16.8 Å². The molecule has 0 radical (unpaired) electrons. The summed E-state index contributed by atoms with van der Waals surface area (Å²) >= 11 is 0. The largest absolute Gasteiger partial charge is 0.378 e. The van der Waals surface area contributed by atoms with Crippen LogP contribution in [0.3, 0.4) is 0 Å². The minimum Gasteiger partial charge on any atom is -0.378 e. The van der Waals surface area contributed by atoms with Gasteiger partial charge in [0.15, 0.2) is 0 Å². The van der Waals surface area contributed by atoms with E-state index >= 15 is 0 Å². The molecule has 3 rings (SSSR count). The van der Waals surface area contributed by atoms with Crippen LogP contribution in [0.4, 0.5) is 0 Å². The molecule has 0 heterocycles. The van der Waals surface area contributed by atoms with Crippen molar-refractivity contribution in [1.29, 1.82) is 0 Å². The predicted octanol–water partition coefficient (Wildman–Crippen LogP) is 4.35. The highest BCUT2D eigenvalue weighted by atomic mass is 31.2. The van der Waals surface area contributed by atoms with E-state index in [9.17, 15) is 4.57 Å². The number of benzene rings is 2. The van der Waals surface area contributed by atoms with Gasteiger partial charge >= 0.3 is 0 Å². The summed E-state index contributed by atoms with van der Waals surface area (Å²) in [5.74, 6) is 0. The topological polar surface area (TPSA) is 26.3 Å². The first-order valence-electron chi connectivity index (χ1n) is 8.61. The van der Waals surface area contributed by atoms with E-state index in [0.717, 1.165) is 23.5 Å². The number of hydrogen-bond donors (Lipinski definition) is 0. The fourth-order valence-electron chi connectivity index (χ4n) is 3.32. The van der Waals surface area contributed by atoms with Crippen LogP contribution in [-0.2, 0) is 9.30 Å². The molecule has 0 bridgehead atoms. The van der Waals surface area contributed by atoms with Crippen molar-refractivity contribution in [1.82, 2.24) is 0 Å². The molecular formula is C20H25O2P. The smallest absolute Gasteiger partial charge is 0.145 e. The molecule has 0 atom stereocenters. The third-order valence-electron chi connectivity index (χ3n) is 4.66. The molecule has 23 heavy (non-hydrogen) atoms. The Balaban J connectivity index is 1.75. The maximum absolute atomic E-state index is 13.8. The Labute approximate surface area is 139 Å². The molecule has 3 heteroatoms. The summed E-state index contributed by atoms with van der Waals surface area (Å²) in [6, 6.07) is 19.7. The van der Waals surface area contributed by atoms with Crippen LogP contribution in [0, 0.1) is 0 Å². The lowest BCUT2D eigenvalue weighted by atomic mass is 9.98. The molecule has 2 aromatic rings. The fraction of sp³-hybridized carbons (Fsp3) is 0.400. The summed E-state index contributed by atoms with van der Waals surface area (Å²) in [4.78, 5) is 0. The van der Waals surface area contributed by atoms with Gasteiger partial charge in [-0.15, -0.1) is 0 Å². The van der Waals surface area contributed by atoms with Gasteiger partial charge in [-0.2, -0.15) is 0 Å². The van der Waals surface area contributed by atoms with Crippen molar-refractivity contribution >= 4 is 17.8 Å². The molecule has 0 aromatic heterocycles. The second-order valence-electron chi connectivity index (χ2n) is 6.27. The predicted molar refractivity (Wildman–Crippen MR) is 97.5 cm³/mol. The van der Waals surface area contributed by atoms with Gasteiger partial charge in [-0.3, -0.25) is 0 Å². The van der Waals surface area contributed by atoms with E-state index in [1.54, 1.807) is 0 Å². The molecule has 0 N–H and O–H groups in total. The molecule has 0 spiro atoms. The standard InChI is InChI=1S/C20H25O2P/c21-23(19-12-6-2-7-13-19,20-14-8-3-9-15-20)17-16-22-18-10-4-1-5-11-18/h2-3,6-9,12-15,18H,1,4-5,10-11,16-17H2. The van der Waals surface area contributed by atoms with Crippen LogP contribution in [0.5, 0.6) is 0 Å². The van der Waals surface area contributed by atoms with Gasteiger partial charge in [0.25, 0.3) is 0 Å². The highest BCUT2D eigenvalue weighted by Crippen LogP contribution is 2.43. The van der Waals surface area contributed by atoms with Crippen LogP contribution in [-0.4, -0.2) is 18.9 Å². The zero-order chi connectivity index (χ0) is 16.0. The van der Waals surface area contributed by atoms with Gasteiger partial charge in [0.2, 0.25) is 0 Å². The molecule has 0 unspecified atom stereocenters. The lowest BCUT2D eigenvalue weighted by Gasteiger charge is -2.24. The van der Waals surface area contributed by atoms with Crippen molar-refractivity contribution < 1.29 is 9.30 Å². The van der Waals surface area contributed by atoms with Crippen LogP contribution in [0.15, 0.2) is 60.7 Å². The molecule has 0 aliphatic heterocycles. The Morgan fingerprint density at radius 1 is 0.826 bits per heavy atom. The second kappa shape index (κ2) is 7.95. The Morgan fingerprint density at radius 3 is 1.87 bits per heavy atom. The highest BCUT2D eigenvalue weighted by Gasteiger charge is 2.27. The molecule has 1 aliphatic rings. The van der Waals surface area contributed by atoms with Crippen molar-refractivity contribution in [2.45, 2.75) is 38.2 Å². The fourth-order valence-corrected chi connectivity index (χ4v) is 5.81. The lowest BCUT2D eigenvalue weighted by Crippen LogP contribution is -2.23. The van der Waals surface area contributed by atoms with Gasteiger partial charge < -0.3 is 9.30 Å². The van der Waals surface area contributed by atoms with E-state index in [1.165, 1.54) is 19.3 Å². The molecule has 0 amide bonds. The third kappa shape index (κ3) is 4.13. The summed E-state index contributed by atoms with van der Waals surface area (Å²) < 4.78 is 19.8. The molecule has 1 fully saturated rings. The van der Waals surface area contributed by atoms with Crippen LogP contribution in [0.2, 0.25) is 0 Å². The maximum atomic E-state index is 13.8. The highest BCUT2D eigenvalue weighted by molar-refractivity contribution is 7.78. The van der Waals surface area contributed by atoms with E-state index in [4.69, 9.17) is 4.74 Å². The molecule has 2 nitrogen and oxygen atoms in total. The first-order valence-corrected chi connectivity index (χ1v) is 10.5. The molecule has 1 aliphatic carbocycles. The summed E-state index contributed by atoms with van der Waals surface area (Å²) in [6.45, 7) is 0.575. The monoisotopic (exact) mass is 328 g/mol. The van der Waals surface area contributed by atoms with Crippen molar-refractivity contribution in [3.05, 3.63) is 60.7 Å². The van der Waals surface area contributed by atoms with Crippen molar-refractivity contribution in [3.8, 4) is 0 Å². The van der Waals surface area contributed by atoms with Gasteiger partial charge in [-0.1, -0.05) is 79.9 Å². The molecular weight excluding hydrogens is 303 g/mol. The van der Waals surface area contributed by atoms with E-state index in [0.29, 0.717) is 18.9 Å². The van der Waals surface area contributed by atoms with Gasteiger partial charge in [0.1, 0.15) is 7.14 Å². The summed E-state index contributed by atoms with van der Waals surface area (Å²) in [6.07, 6.45) is 7.11. The molecule has 2 aromatic carbocycles. The normalized spacial score (nSPS) is 16.3. The van der Waals surface area contributed by atoms with E-state index < -0.39 is 7.14 Å². The minimum atomic E-state index is -2.62. The first-order chi connectivity index (χ1) is 11.3. The molecule has 122 valence electrons. The first kappa shape index (κ1) is 16.5. The van der Waals surface area contributed by atoms with Gasteiger partial charge in [-0.05, 0) is 12.8 Å². The lowest BCUT2D eigenvalue weighted by molar-refractivity contribution is 0.0379. The van der Waals surface area contributed by atoms with Crippen LogP contribution < -0.4 is 10.6 Å². The second-order valence-corrected chi connectivity index (χ2v) is 9.22. The average Bonchev–Trinajstić information content (AvgIpc) is 2.64. The number of hydrogen-bond acceptors (Lipinski definition) is 2. The molecule has 1 saturated carbocycles. The van der Waals surface area contributed by atoms with Crippen molar-refractivity contribution in [2.75, 3.05) is 12.8 Å². The van der Waals surface area contributed by atoms with Crippen LogP contribution >= 0.6 is 7.14 Å². The summed E-state index contributed by atoms with van der Waals surface area (Å²) in [5, 5.41) is 1.86. The summed E-state index contributed by atoms with van der Waals surface area (Å²) in [7, 11) is -2.62. The summed E-state index contributed by atoms with van der Waals surface area (Å²) in [5.41, 5.74) is 0. The SMILES string of the molecule is O=P(CCOC1CCCCC1)(c1ccccc1)c1ccccc1. The van der Waals surface area contributed by atoms with Crippen molar-refractivity contribution in [3.63, 3.8) is 0 Å². The molecule has 0 saturated heterocycles. The number of ether oxygens (including phenoxy) is 1. The minimum absolute atomic E-state index is 0.365. The zero-order valence-corrected chi connectivity index (χ0v) is 14.5. The van der Waals surface area contributed by atoms with E-state index in [-0.39, 0.29) is 0 Å². The Kier molecular flexibility index (Phi) is 5.70. The Bertz CT molecular complexity index is 590. The quantitative estimate of drug-likeness (QED) is 0.737. The maximum Gasteiger partial charge on any atom is 0.145 e. The third-order valence-corrected chi connectivity index (χ3v) is 7.74. The Hall–Kier alpha value is -1.37. The number of rotatable bonds is 6. The van der Waals surface area contributed by atoms with E-state index in [1.807, 2.05) is 60.7 Å². The average molecular weight is 328 g/mol. The van der Waals surface area contributed by atoms with E-state index in [2.05, 4.69) is 0 Å². The van der Waals surface area contributed by atoms with Crippen LogP contribution in [0.25, 0.3) is 0 Å². The van der Waals surface area contributed by atoms with Crippen molar-refractivity contribution in [2.24, 2.45) is 0 Å². The Morgan fingerprint density at radius 2 is 1.35 bits per heavy atom. The van der Waals surface area contributed by atoms with Crippen LogP contribution in [0.1, 0.15) is 32.1 Å².